The largest absolute Gasteiger partial charge is 0.333 e. The number of imidazole rings is 1. The van der Waals surface area contributed by atoms with E-state index in [4.69, 9.17) is 5.73 Å². The summed E-state index contributed by atoms with van der Waals surface area (Å²) in [6, 6.07) is 9.35. The second-order valence-corrected chi connectivity index (χ2v) is 6.20. The molecule has 110 valence electrons. The molecule has 0 saturated heterocycles. The number of nitrogens with zero attached hydrogens (tertiary/aromatic N) is 3. The molecular formula is C17H22N4. The van der Waals surface area contributed by atoms with Gasteiger partial charge in [0, 0.05) is 38.1 Å². The number of fused-ring (bicyclic) bond motifs is 1. The Bertz CT molecular complexity index is 629. The molecule has 2 N–H and O–H groups in total. The number of benzene rings is 1. The molecule has 2 aliphatic rings. The van der Waals surface area contributed by atoms with E-state index < -0.39 is 0 Å². The van der Waals surface area contributed by atoms with Gasteiger partial charge in [0.2, 0.25) is 0 Å². The van der Waals surface area contributed by atoms with E-state index in [1.165, 1.54) is 24.0 Å². The lowest BCUT2D eigenvalue weighted by Gasteiger charge is -2.34. The SMILES string of the molecule is NCC(c1cccc(C2CC2)c1)N1CCn2ccnc2C1. The van der Waals surface area contributed by atoms with Gasteiger partial charge in [-0.2, -0.15) is 0 Å². The van der Waals surface area contributed by atoms with Crippen LogP contribution in [-0.4, -0.2) is 27.5 Å². The van der Waals surface area contributed by atoms with Crippen LogP contribution < -0.4 is 5.73 Å². The van der Waals surface area contributed by atoms with E-state index in [0.29, 0.717) is 12.6 Å². The van der Waals surface area contributed by atoms with Crippen molar-refractivity contribution in [1.29, 1.82) is 0 Å². The van der Waals surface area contributed by atoms with Gasteiger partial charge in [0.25, 0.3) is 0 Å². The molecule has 1 unspecified atom stereocenters. The van der Waals surface area contributed by atoms with Gasteiger partial charge < -0.3 is 10.3 Å². The van der Waals surface area contributed by atoms with Crippen molar-refractivity contribution >= 4 is 0 Å². The molecule has 0 amide bonds. The molecule has 2 aromatic rings. The molecule has 1 aromatic carbocycles. The summed E-state index contributed by atoms with van der Waals surface area (Å²) in [7, 11) is 0. The molecule has 0 spiro atoms. The standard InChI is InChI=1S/C17H22N4/c18-11-16(15-3-1-2-14(10-15)13-4-5-13)21-9-8-20-7-6-19-17(20)12-21/h1-3,6-7,10,13,16H,4-5,8-9,11-12,18H2. The van der Waals surface area contributed by atoms with Crippen LogP contribution in [0.25, 0.3) is 0 Å². The minimum absolute atomic E-state index is 0.300. The average molecular weight is 282 g/mol. The molecule has 4 rings (SSSR count). The van der Waals surface area contributed by atoms with Crippen molar-refractivity contribution in [3.63, 3.8) is 0 Å². The van der Waals surface area contributed by atoms with Crippen molar-refractivity contribution in [3.8, 4) is 0 Å². The van der Waals surface area contributed by atoms with Crippen LogP contribution in [0.4, 0.5) is 0 Å². The van der Waals surface area contributed by atoms with Crippen LogP contribution in [0.2, 0.25) is 0 Å². The highest BCUT2D eigenvalue weighted by atomic mass is 15.3. The van der Waals surface area contributed by atoms with Crippen LogP contribution in [0.3, 0.4) is 0 Å². The quantitative estimate of drug-likeness (QED) is 0.936. The van der Waals surface area contributed by atoms with Gasteiger partial charge in [-0.15, -0.1) is 0 Å². The summed E-state index contributed by atoms with van der Waals surface area (Å²) in [6.07, 6.45) is 6.65. The van der Waals surface area contributed by atoms with Crippen LogP contribution in [0.15, 0.2) is 36.7 Å². The zero-order valence-electron chi connectivity index (χ0n) is 12.3. The number of aromatic nitrogens is 2. The van der Waals surface area contributed by atoms with Crippen LogP contribution in [-0.2, 0) is 13.1 Å². The minimum Gasteiger partial charge on any atom is -0.333 e. The fourth-order valence-corrected chi connectivity index (χ4v) is 3.39. The summed E-state index contributed by atoms with van der Waals surface area (Å²) in [4.78, 5) is 6.92. The monoisotopic (exact) mass is 282 g/mol. The Kier molecular flexibility index (Phi) is 3.28. The van der Waals surface area contributed by atoms with Crippen LogP contribution >= 0.6 is 0 Å². The lowest BCUT2D eigenvalue weighted by Crippen LogP contribution is -2.39. The lowest BCUT2D eigenvalue weighted by atomic mass is 10.00. The Morgan fingerprint density at radius 3 is 3.00 bits per heavy atom. The molecule has 1 aromatic heterocycles. The molecule has 1 fully saturated rings. The summed E-state index contributed by atoms with van der Waals surface area (Å²) in [5.74, 6) is 1.95. The second-order valence-electron chi connectivity index (χ2n) is 6.20. The summed E-state index contributed by atoms with van der Waals surface area (Å²) in [5, 5.41) is 0. The Labute approximate surface area is 125 Å². The van der Waals surface area contributed by atoms with Gasteiger partial charge in [0.05, 0.1) is 6.54 Å². The molecule has 1 aliphatic heterocycles. The van der Waals surface area contributed by atoms with Crippen molar-refractivity contribution in [2.24, 2.45) is 5.73 Å². The third-order valence-electron chi connectivity index (χ3n) is 4.78. The first kappa shape index (κ1) is 13.0. The van der Waals surface area contributed by atoms with Gasteiger partial charge in [0.15, 0.2) is 0 Å². The molecule has 0 radical (unpaired) electrons. The summed E-state index contributed by atoms with van der Waals surface area (Å²) >= 11 is 0. The fourth-order valence-electron chi connectivity index (χ4n) is 3.39. The summed E-state index contributed by atoms with van der Waals surface area (Å²) in [6.45, 7) is 3.60. The van der Waals surface area contributed by atoms with Crippen LogP contribution in [0, 0.1) is 0 Å². The van der Waals surface area contributed by atoms with Gasteiger partial charge >= 0.3 is 0 Å². The second kappa shape index (κ2) is 5.28. The number of hydrogen-bond donors (Lipinski definition) is 1. The van der Waals surface area contributed by atoms with Gasteiger partial charge in [-0.05, 0) is 29.9 Å². The molecule has 0 bridgehead atoms. The molecular weight excluding hydrogens is 260 g/mol. The van der Waals surface area contributed by atoms with Gasteiger partial charge in [-0.1, -0.05) is 24.3 Å². The summed E-state index contributed by atoms with van der Waals surface area (Å²) in [5.41, 5.74) is 8.96. The Hall–Kier alpha value is -1.65. The van der Waals surface area contributed by atoms with E-state index in [-0.39, 0.29) is 0 Å². The first-order valence-electron chi connectivity index (χ1n) is 7.89. The maximum absolute atomic E-state index is 6.10. The molecule has 2 heterocycles. The lowest BCUT2D eigenvalue weighted by molar-refractivity contribution is 0.156. The van der Waals surface area contributed by atoms with E-state index in [9.17, 15) is 0 Å². The highest BCUT2D eigenvalue weighted by Gasteiger charge is 2.27. The van der Waals surface area contributed by atoms with Gasteiger partial charge in [0.1, 0.15) is 5.82 Å². The Morgan fingerprint density at radius 1 is 1.29 bits per heavy atom. The van der Waals surface area contributed by atoms with Crippen LogP contribution in [0.1, 0.15) is 41.8 Å². The fraction of sp³-hybridized carbons (Fsp3) is 0.471. The first-order chi connectivity index (χ1) is 10.3. The van der Waals surface area contributed by atoms with E-state index in [1.54, 1.807) is 0 Å². The van der Waals surface area contributed by atoms with E-state index in [2.05, 4.69) is 44.9 Å². The molecule has 1 atom stereocenters. The Balaban J connectivity index is 1.58. The minimum atomic E-state index is 0.300. The highest BCUT2D eigenvalue weighted by Crippen LogP contribution is 2.41. The summed E-state index contributed by atoms with van der Waals surface area (Å²) < 4.78 is 2.24. The molecule has 21 heavy (non-hydrogen) atoms. The molecule has 4 heteroatoms. The molecule has 1 saturated carbocycles. The smallest absolute Gasteiger partial charge is 0.122 e. The van der Waals surface area contributed by atoms with E-state index >= 15 is 0 Å². The third kappa shape index (κ3) is 2.49. The maximum Gasteiger partial charge on any atom is 0.122 e. The predicted molar refractivity (Wildman–Crippen MR) is 82.8 cm³/mol. The predicted octanol–water partition coefficient (Wildman–Crippen LogP) is 2.28. The topological polar surface area (TPSA) is 47.1 Å². The zero-order valence-corrected chi connectivity index (χ0v) is 12.3. The van der Waals surface area contributed by atoms with Crippen molar-refractivity contribution in [2.75, 3.05) is 13.1 Å². The first-order valence-corrected chi connectivity index (χ1v) is 7.89. The molecule has 1 aliphatic carbocycles. The van der Waals surface area contributed by atoms with Gasteiger partial charge in [-0.25, -0.2) is 4.98 Å². The van der Waals surface area contributed by atoms with E-state index in [0.717, 1.165) is 31.4 Å². The normalized spacial score (nSPS) is 20.2. The highest BCUT2D eigenvalue weighted by molar-refractivity contribution is 5.31. The number of nitrogens with two attached hydrogens (primary N) is 1. The third-order valence-corrected chi connectivity index (χ3v) is 4.78. The van der Waals surface area contributed by atoms with Crippen molar-refractivity contribution in [2.45, 2.75) is 37.9 Å². The number of rotatable bonds is 4. The van der Waals surface area contributed by atoms with Crippen molar-refractivity contribution < 1.29 is 0 Å². The maximum atomic E-state index is 6.10. The van der Waals surface area contributed by atoms with Crippen LogP contribution in [0.5, 0.6) is 0 Å². The van der Waals surface area contributed by atoms with E-state index in [1.807, 2.05) is 6.20 Å². The zero-order chi connectivity index (χ0) is 14.2. The molecule has 4 nitrogen and oxygen atoms in total. The number of hydrogen-bond acceptors (Lipinski definition) is 3. The van der Waals surface area contributed by atoms with Crippen molar-refractivity contribution in [3.05, 3.63) is 53.6 Å². The van der Waals surface area contributed by atoms with Gasteiger partial charge in [-0.3, -0.25) is 4.90 Å². The average Bonchev–Trinajstić information content (AvgIpc) is 3.27. The van der Waals surface area contributed by atoms with Crippen molar-refractivity contribution in [1.82, 2.24) is 14.5 Å². The Morgan fingerprint density at radius 2 is 2.19 bits per heavy atom.